The Bertz CT molecular complexity index is 1290. The van der Waals surface area contributed by atoms with E-state index in [2.05, 4.69) is 20.4 Å². The number of nitrogens with zero attached hydrogens (tertiary/aromatic N) is 5. The summed E-state index contributed by atoms with van der Waals surface area (Å²) in [4.78, 5) is 34.9. The number of fused-ring (bicyclic) bond motifs is 3. The molecule has 1 amide bonds. The molecule has 31 heavy (non-hydrogen) atoms. The van der Waals surface area contributed by atoms with Gasteiger partial charge in [0.2, 0.25) is 11.8 Å². The molecule has 0 spiro atoms. The van der Waals surface area contributed by atoms with Gasteiger partial charge in [-0.2, -0.15) is 4.98 Å². The number of para-hydroxylation sites is 1. The molecule has 0 saturated heterocycles. The van der Waals surface area contributed by atoms with Crippen molar-refractivity contribution in [2.75, 3.05) is 0 Å². The van der Waals surface area contributed by atoms with Crippen LogP contribution in [-0.2, 0) is 24.3 Å². The second-order valence-corrected chi connectivity index (χ2v) is 7.71. The van der Waals surface area contributed by atoms with Gasteiger partial charge in [0.05, 0.1) is 11.8 Å². The second kappa shape index (κ2) is 8.71. The van der Waals surface area contributed by atoms with Crippen molar-refractivity contribution < 1.29 is 9.32 Å². The van der Waals surface area contributed by atoms with Crippen molar-refractivity contribution in [1.82, 2.24) is 29.6 Å². The summed E-state index contributed by atoms with van der Waals surface area (Å²) in [6.45, 7) is 6.16. The van der Waals surface area contributed by atoms with Crippen molar-refractivity contribution in [3.63, 3.8) is 0 Å². The quantitative estimate of drug-likeness (QED) is 0.468. The van der Waals surface area contributed by atoms with Crippen LogP contribution >= 0.6 is 0 Å². The van der Waals surface area contributed by atoms with Gasteiger partial charge >= 0.3 is 0 Å². The molecule has 1 aromatic carbocycles. The predicted octanol–water partition coefficient (Wildman–Crippen LogP) is 2.65. The lowest BCUT2D eigenvalue weighted by molar-refractivity contribution is -0.122. The Labute approximate surface area is 179 Å². The molecule has 4 aromatic rings. The van der Waals surface area contributed by atoms with E-state index in [4.69, 9.17) is 4.52 Å². The van der Waals surface area contributed by atoms with Crippen LogP contribution < -0.4 is 10.9 Å². The van der Waals surface area contributed by atoms with E-state index in [1.807, 2.05) is 45.0 Å². The number of benzene rings is 1. The minimum Gasteiger partial charge on any atom is -0.352 e. The SMILES string of the molecule is CCCc1noc(Cn2cnc3c4ccccc4n(CC(=O)N[C@H](C)CC)c3c2=O)n1. The number of aromatic nitrogens is 5. The first-order valence-electron chi connectivity index (χ1n) is 10.6. The van der Waals surface area contributed by atoms with Crippen molar-refractivity contribution in [2.24, 2.45) is 0 Å². The summed E-state index contributed by atoms with van der Waals surface area (Å²) >= 11 is 0. The number of aryl methyl sites for hydroxylation is 1. The van der Waals surface area contributed by atoms with Gasteiger partial charge in [-0.05, 0) is 25.8 Å². The number of carbonyl (C=O) groups is 1. The zero-order valence-corrected chi connectivity index (χ0v) is 18.0. The third-order valence-corrected chi connectivity index (χ3v) is 5.34. The van der Waals surface area contributed by atoms with Gasteiger partial charge in [0, 0.05) is 17.8 Å². The van der Waals surface area contributed by atoms with E-state index in [9.17, 15) is 9.59 Å². The zero-order chi connectivity index (χ0) is 22.0. The summed E-state index contributed by atoms with van der Waals surface area (Å²) in [6, 6.07) is 7.65. The summed E-state index contributed by atoms with van der Waals surface area (Å²) < 4.78 is 8.46. The molecule has 3 heterocycles. The van der Waals surface area contributed by atoms with Gasteiger partial charge in [0.25, 0.3) is 5.56 Å². The van der Waals surface area contributed by atoms with Gasteiger partial charge in [-0.25, -0.2) is 4.98 Å². The van der Waals surface area contributed by atoms with Crippen LogP contribution in [0.25, 0.3) is 21.9 Å². The average molecular weight is 422 g/mol. The lowest BCUT2D eigenvalue weighted by Crippen LogP contribution is -2.35. The smallest absolute Gasteiger partial charge is 0.278 e. The van der Waals surface area contributed by atoms with Crippen LogP contribution in [0.5, 0.6) is 0 Å². The number of hydrogen-bond donors (Lipinski definition) is 1. The Balaban J connectivity index is 1.78. The molecule has 0 aliphatic rings. The van der Waals surface area contributed by atoms with Crippen molar-refractivity contribution in [1.29, 1.82) is 0 Å². The standard InChI is InChI=1S/C22H26N6O3/c1-4-8-17-25-19(31-26-17)12-27-13-23-20-15-9-6-7-10-16(15)28(21(20)22(27)30)11-18(29)24-14(3)5-2/h6-7,9-10,13-14H,4-5,8,11-12H2,1-3H3,(H,24,29)/t14-/m1/s1. The van der Waals surface area contributed by atoms with Crippen molar-refractivity contribution in [3.05, 3.63) is 52.7 Å². The van der Waals surface area contributed by atoms with E-state index in [0.717, 1.165) is 30.2 Å². The highest BCUT2D eigenvalue weighted by atomic mass is 16.5. The van der Waals surface area contributed by atoms with E-state index >= 15 is 0 Å². The maximum Gasteiger partial charge on any atom is 0.278 e. The lowest BCUT2D eigenvalue weighted by Gasteiger charge is -2.13. The number of rotatable bonds is 8. The molecule has 0 aliphatic carbocycles. The van der Waals surface area contributed by atoms with E-state index in [-0.39, 0.29) is 30.6 Å². The second-order valence-electron chi connectivity index (χ2n) is 7.71. The molecule has 0 aliphatic heterocycles. The zero-order valence-electron chi connectivity index (χ0n) is 18.0. The minimum atomic E-state index is -0.257. The Kier molecular flexibility index (Phi) is 5.83. The predicted molar refractivity (Wildman–Crippen MR) is 117 cm³/mol. The van der Waals surface area contributed by atoms with Crippen molar-refractivity contribution in [2.45, 2.75) is 59.2 Å². The third kappa shape index (κ3) is 4.08. The van der Waals surface area contributed by atoms with Crippen LogP contribution in [-0.4, -0.2) is 36.2 Å². The number of hydrogen-bond acceptors (Lipinski definition) is 6. The van der Waals surface area contributed by atoms with E-state index in [1.54, 1.807) is 4.57 Å². The molecule has 0 radical (unpaired) electrons. The Morgan fingerprint density at radius 3 is 2.84 bits per heavy atom. The molecule has 0 fully saturated rings. The molecule has 1 N–H and O–H groups in total. The first-order valence-corrected chi connectivity index (χ1v) is 10.6. The largest absolute Gasteiger partial charge is 0.352 e. The summed E-state index contributed by atoms with van der Waals surface area (Å²) in [5, 5.41) is 7.74. The topological polar surface area (TPSA) is 108 Å². The molecule has 3 aromatic heterocycles. The normalized spacial score (nSPS) is 12.5. The molecule has 1 atom stereocenters. The highest BCUT2D eigenvalue weighted by molar-refractivity contribution is 6.06. The number of carbonyl (C=O) groups excluding carboxylic acids is 1. The van der Waals surface area contributed by atoms with E-state index < -0.39 is 0 Å². The monoisotopic (exact) mass is 422 g/mol. The highest BCUT2D eigenvalue weighted by Gasteiger charge is 2.19. The Morgan fingerprint density at radius 1 is 1.26 bits per heavy atom. The Hall–Kier alpha value is -3.49. The number of nitrogens with one attached hydrogen (secondary N) is 1. The van der Waals surface area contributed by atoms with Gasteiger partial charge in [0.15, 0.2) is 5.82 Å². The molecule has 0 bridgehead atoms. The van der Waals surface area contributed by atoms with Crippen LogP contribution in [0, 0.1) is 0 Å². The molecule has 0 saturated carbocycles. The van der Waals surface area contributed by atoms with E-state index in [1.165, 1.54) is 10.9 Å². The van der Waals surface area contributed by atoms with Crippen LogP contribution in [0.2, 0.25) is 0 Å². The molecular formula is C22H26N6O3. The summed E-state index contributed by atoms with van der Waals surface area (Å²) in [5.74, 6) is 0.826. The number of amides is 1. The van der Waals surface area contributed by atoms with Gasteiger partial charge in [-0.1, -0.05) is 37.2 Å². The van der Waals surface area contributed by atoms with Crippen LogP contribution in [0.3, 0.4) is 0 Å². The van der Waals surface area contributed by atoms with Gasteiger partial charge in [-0.3, -0.25) is 14.2 Å². The first kappa shape index (κ1) is 20.8. The fourth-order valence-corrected chi connectivity index (χ4v) is 3.62. The van der Waals surface area contributed by atoms with Crippen LogP contribution in [0.1, 0.15) is 45.3 Å². The third-order valence-electron chi connectivity index (χ3n) is 5.34. The lowest BCUT2D eigenvalue weighted by atomic mass is 10.2. The molecule has 9 nitrogen and oxygen atoms in total. The fourth-order valence-electron chi connectivity index (χ4n) is 3.62. The van der Waals surface area contributed by atoms with Crippen LogP contribution in [0.15, 0.2) is 39.9 Å². The average Bonchev–Trinajstić information content (AvgIpc) is 3.33. The summed E-state index contributed by atoms with van der Waals surface area (Å²) in [6.07, 6.45) is 3.95. The molecule has 9 heteroatoms. The van der Waals surface area contributed by atoms with Gasteiger partial charge in [0.1, 0.15) is 24.1 Å². The van der Waals surface area contributed by atoms with Crippen LogP contribution in [0.4, 0.5) is 0 Å². The summed E-state index contributed by atoms with van der Waals surface area (Å²) in [7, 11) is 0. The molecule has 162 valence electrons. The maximum absolute atomic E-state index is 13.4. The first-order chi connectivity index (χ1) is 15.0. The molecule has 4 rings (SSSR count). The minimum absolute atomic E-state index is 0.0382. The van der Waals surface area contributed by atoms with Crippen molar-refractivity contribution >= 4 is 27.8 Å². The van der Waals surface area contributed by atoms with Crippen molar-refractivity contribution in [3.8, 4) is 0 Å². The van der Waals surface area contributed by atoms with E-state index in [0.29, 0.717) is 22.7 Å². The molecular weight excluding hydrogens is 396 g/mol. The van der Waals surface area contributed by atoms with Gasteiger partial charge < -0.3 is 14.4 Å². The molecule has 0 unspecified atom stereocenters. The maximum atomic E-state index is 13.4. The fraction of sp³-hybridized carbons (Fsp3) is 0.409. The van der Waals surface area contributed by atoms with Gasteiger partial charge in [-0.15, -0.1) is 0 Å². The summed E-state index contributed by atoms with van der Waals surface area (Å²) in [5.41, 5.74) is 1.50. The highest BCUT2D eigenvalue weighted by Crippen LogP contribution is 2.25. The Morgan fingerprint density at radius 2 is 2.06 bits per heavy atom.